The maximum Gasteiger partial charge on any atom is 0.262 e. The minimum Gasteiger partial charge on any atom is -0.497 e. The molecular weight excluding hydrogens is 520 g/mol. The lowest BCUT2D eigenvalue weighted by Crippen LogP contribution is -2.43. The van der Waals surface area contributed by atoms with E-state index in [1.165, 1.54) is 0 Å². The minimum absolute atomic E-state index is 0.0700. The molecule has 1 unspecified atom stereocenters. The van der Waals surface area contributed by atoms with Gasteiger partial charge >= 0.3 is 0 Å². The number of anilines is 2. The number of methoxy groups -OCH3 is 2. The molecule has 1 aromatic heterocycles. The number of halogens is 1. The van der Waals surface area contributed by atoms with Crippen molar-refractivity contribution in [2.45, 2.75) is 26.6 Å². The molecule has 2 heterocycles. The number of aryl methyl sites for hydroxylation is 1. The number of ether oxygens (including phenoxy) is 2. The van der Waals surface area contributed by atoms with E-state index in [2.05, 4.69) is 32.4 Å². The zero-order valence-electron chi connectivity index (χ0n) is 20.6. The third kappa shape index (κ3) is 4.22. The van der Waals surface area contributed by atoms with Gasteiger partial charge < -0.3 is 14.8 Å². The van der Waals surface area contributed by atoms with Crippen LogP contribution in [0.1, 0.15) is 39.0 Å². The molecule has 8 heteroatoms. The summed E-state index contributed by atoms with van der Waals surface area (Å²) in [5.41, 5.74) is 6.08. The van der Waals surface area contributed by atoms with Crippen LogP contribution < -0.4 is 19.7 Å². The van der Waals surface area contributed by atoms with E-state index >= 15 is 0 Å². The Hall–Kier alpha value is -3.78. The predicted octanol–water partition coefficient (Wildman–Crippen LogP) is 6.10. The molecule has 0 aliphatic carbocycles. The average Bonchev–Trinajstić information content (AvgIpc) is 3.15. The Labute approximate surface area is 218 Å². The standard InChI is InChI=1S/C28H27BrN4O3/c1-17-26(29)18(2)32(31-17)16-20-15-19(9-14-25(20)36-4)27-30-24-8-6-5-7-23(24)28(34)33(27)21-10-12-22(35-3)13-11-21/h5-15,27,30H,16H2,1-4H3. The van der Waals surface area contributed by atoms with Gasteiger partial charge in [-0.15, -0.1) is 0 Å². The molecule has 1 aliphatic heterocycles. The van der Waals surface area contributed by atoms with E-state index in [9.17, 15) is 4.79 Å². The van der Waals surface area contributed by atoms with Crippen LogP contribution >= 0.6 is 15.9 Å². The summed E-state index contributed by atoms with van der Waals surface area (Å²) in [5, 5.41) is 8.24. The Bertz CT molecular complexity index is 1430. The summed E-state index contributed by atoms with van der Waals surface area (Å²) in [6.07, 6.45) is -0.419. The lowest BCUT2D eigenvalue weighted by atomic mass is 10.0. The number of benzene rings is 3. The lowest BCUT2D eigenvalue weighted by molar-refractivity contribution is 0.0975. The maximum atomic E-state index is 13.7. The number of fused-ring (bicyclic) bond motifs is 1. The van der Waals surface area contributed by atoms with Gasteiger partial charge in [0.05, 0.1) is 42.2 Å². The molecule has 0 radical (unpaired) electrons. The van der Waals surface area contributed by atoms with Crippen molar-refractivity contribution in [3.05, 3.63) is 99.3 Å². The fourth-order valence-electron chi connectivity index (χ4n) is 4.58. The van der Waals surface area contributed by atoms with Crippen molar-refractivity contribution >= 4 is 33.2 Å². The second-order valence-corrected chi connectivity index (χ2v) is 9.47. The Morgan fingerprint density at radius 3 is 2.42 bits per heavy atom. The van der Waals surface area contributed by atoms with Gasteiger partial charge in [0.15, 0.2) is 0 Å². The summed E-state index contributed by atoms with van der Waals surface area (Å²) < 4.78 is 14.0. The van der Waals surface area contributed by atoms with E-state index in [0.29, 0.717) is 12.1 Å². The molecule has 36 heavy (non-hydrogen) atoms. The van der Waals surface area contributed by atoms with E-state index in [1.54, 1.807) is 19.1 Å². The summed E-state index contributed by atoms with van der Waals surface area (Å²) in [7, 11) is 3.29. The Kier molecular flexibility index (Phi) is 6.45. The molecule has 1 aliphatic rings. The van der Waals surface area contributed by atoms with Crippen LogP contribution in [0.3, 0.4) is 0 Å². The van der Waals surface area contributed by atoms with Crippen LogP contribution in [0.4, 0.5) is 11.4 Å². The summed E-state index contributed by atoms with van der Waals surface area (Å²) in [6, 6.07) is 21.1. The lowest BCUT2D eigenvalue weighted by Gasteiger charge is -2.38. The molecule has 1 amide bonds. The molecule has 0 saturated heterocycles. The van der Waals surface area contributed by atoms with Gasteiger partial charge in [0.25, 0.3) is 5.91 Å². The largest absolute Gasteiger partial charge is 0.497 e. The number of aromatic nitrogens is 2. The molecule has 1 N–H and O–H groups in total. The monoisotopic (exact) mass is 546 g/mol. The van der Waals surface area contributed by atoms with Crippen molar-refractivity contribution in [1.29, 1.82) is 0 Å². The summed E-state index contributed by atoms with van der Waals surface area (Å²) >= 11 is 3.61. The molecule has 3 aromatic carbocycles. The van der Waals surface area contributed by atoms with Crippen LogP contribution in [0.5, 0.6) is 11.5 Å². The smallest absolute Gasteiger partial charge is 0.262 e. The first kappa shape index (κ1) is 23.9. The maximum absolute atomic E-state index is 13.7. The molecule has 5 rings (SSSR count). The number of carbonyl (C=O) groups excluding carboxylic acids is 1. The Morgan fingerprint density at radius 2 is 1.75 bits per heavy atom. The first-order chi connectivity index (χ1) is 17.4. The molecule has 184 valence electrons. The molecule has 1 atom stereocenters. The van der Waals surface area contributed by atoms with Gasteiger partial charge in [0.1, 0.15) is 17.7 Å². The number of carbonyl (C=O) groups is 1. The minimum atomic E-state index is -0.419. The fourth-order valence-corrected chi connectivity index (χ4v) is 4.86. The molecule has 0 saturated carbocycles. The van der Waals surface area contributed by atoms with Crippen molar-refractivity contribution in [2.24, 2.45) is 0 Å². The van der Waals surface area contributed by atoms with Gasteiger partial charge in [-0.25, -0.2) is 0 Å². The van der Waals surface area contributed by atoms with Gasteiger partial charge in [0, 0.05) is 16.9 Å². The SMILES string of the molecule is COc1ccc(N2C(=O)c3ccccc3NC2c2ccc(OC)c(Cn3nc(C)c(Br)c3C)c2)cc1. The fraction of sp³-hybridized carbons (Fsp3) is 0.214. The number of para-hydroxylation sites is 1. The summed E-state index contributed by atoms with van der Waals surface area (Å²) in [5.74, 6) is 1.43. The quantitative estimate of drug-likeness (QED) is 0.316. The molecule has 7 nitrogen and oxygen atoms in total. The second kappa shape index (κ2) is 9.70. The van der Waals surface area contributed by atoms with Gasteiger partial charge in [-0.1, -0.05) is 18.2 Å². The average molecular weight is 547 g/mol. The van der Waals surface area contributed by atoms with Gasteiger partial charge in [0.2, 0.25) is 0 Å². The molecule has 4 aromatic rings. The zero-order chi connectivity index (χ0) is 25.4. The highest BCUT2D eigenvalue weighted by Gasteiger charge is 2.34. The Morgan fingerprint density at radius 1 is 1.00 bits per heavy atom. The molecular formula is C28H27BrN4O3. The highest BCUT2D eigenvalue weighted by molar-refractivity contribution is 9.10. The van der Waals surface area contributed by atoms with Crippen LogP contribution in [0.2, 0.25) is 0 Å². The Balaban J connectivity index is 1.60. The van der Waals surface area contributed by atoms with Crippen LogP contribution in [-0.4, -0.2) is 29.9 Å². The number of amides is 1. The van der Waals surface area contributed by atoms with Crippen molar-refractivity contribution in [1.82, 2.24) is 9.78 Å². The van der Waals surface area contributed by atoms with E-state index in [1.807, 2.05) is 79.2 Å². The molecule has 0 spiro atoms. The first-order valence-corrected chi connectivity index (χ1v) is 12.4. The number of hydrogen-bond donors (Lipinski definition) is 1. The van der Waals surface area contributed by atoms with Crippen molar-refractivity contribution in [3.63, 3.8) is 0 Å². The van der Waals surface area contributed by atoms with Gasteiger partial charge in [-0.05, 0) is 83.9 Å². The summed E-state index contributed by atoms with van der Waals surface area (Å²) in [4.78, 5) is 15.5. The molecule has 0 fully saturated rings. The van der Waals surface area contributed by atoms with Crippen molar-refractivity contribution in [3.8, 4) is 11.5 Å². The second-order valence-electron chi connectivity index (χ2n) is 8.68. The summed E-state index contributed by atoms with van der Waals surface area (Å²) in [6.45, 7) is 4.54. The third-order valence-electron chi connectivity index (χ3n) is 6.51. The highest BCUT2D eigenvalue weighted by atomic mass is 79.9. The van der Waals surface area contributed by atoms with Crippen LogP contribution in [0.25, 0.3) is 0 Å². The third-order valence-corrected chi connectivity index (χ3v) is 7.66. The number of rotatable bonds is 6. The van der Waals surface area contributed by atoms with Gasteiger partial charge in [-0.3, -0.25) is 14.4 Å². The van der Waals surface area contributed by atoms with E-state index in [-0.39, 0.29) is 5.91 Å². The van der Waals surface area contributed by atoms with E-state index in [0.717, 1.165) is 49.9 Å². The topological polar surface area (TPSA) is 68.6 Å². The number of hydrogen-bond acceptors (Lipinski definition) is 5. The van der Waals surface area contributed by atoms with Crippen molar-refractivity contribution < 1.29 is 14.3 Å². The van der Waals surface area contributed by atoms with Crippen LogP contribution in [-0.2, 0) is 6.54 Å². The van der Waals surface area contributed by atoms with Crippen LogP contribution in [0.15, 0.2) is 71.2 Å². The van der Waals surface area contributed by atoms with Crippen molar-refractivity contribution in [2.75, 3.05) is 24.4 Å². The predicted molar refractivity (Wildman–Crippen MR) is 144 cm³/mol. The van der Waals surface area contributed by atoms with E-state index < -0.39 is 6.17 Å². The highest BCUT2D eigenvalue weighted by Crippen LogP contribution is 2.38. The first-order valence-electron chi connectivity index (χ1n) is 11.6. The number of nitrogens with one attached hydrogen (secondary N) is 1. The molecule has 0 bridgehead atoms. The van der Waals surface area contributed by atoms with Gasteiger partial charge in [-0.2, -0.15) is 5.10 Å². The normalized spacial score (nSPS) is 14.9. The van der Waals surface area contributed by atoms with Crippen LogP contribution in [0, 0.1) is 13.8 Å². The van der Waals surface area contributed by atoms with E-state index in [4.69, 9.17) is 9.47 Å². The number of nitrogens with zero attached hydrogens (tertiary/aromatic N) is 3. The zero-order valence-corrected chi connectivity index (χ0v) is 22.2.